The number of aliphatic hydroxyl groups is 1. The first-order valence-electron chi connectivity index (χ1n) is 18.9. The van der Waals surface area contributed by atoms with E-state index >= 15 is 4.39 Å². The molecule has 4 atom stereocenters. The summed E-state index contributed by atoms with van der Waals surface area (Å²) in [6, 6.07) is 7.49. The lowest BCUT2D eigenvalue weighted by Gasteiger charge is -2.35. The van der Waals surface area contributed by atoms with Gasteiger partial charge in [-0.15, -0.1) is 22.7 Å². The maximum atomic E-state index is 15.0. The van der Waals surface area contributed by atoms with Crippen molar-refractivity contribution in [2.75, 3.05) is 50.9 Å². The van der Waals surface area contributed by atoms with E-state index in [0.717, 1.165) is 27.8 Å². The Bertz CT molecular complexity index is 2120. The van der Waals surface area contributed by atoms with E-state index in [1.54, 1.807) is 43.0 Å². The molecular formula is C40H47F2N7O7S2. The van der Waals surface area contributed by atoms with Crippen LogP contribution in [0.3, 0.4) is 0 Å². The standard InChI is InChI=1S/C40H47F2N7O7S2/c1-22(24-6-8-25(9-7-24)35-23(2)44-21-58-35)45-37(53)30-16-26(50)18-49(30)38(54)36(40(3,4)5)47-31(51)17-43-32(52)19-56-34-27(10-11-28(41)33(34)42)29-20-57-39(46-29)48-12-14-55-15-13-48/h6-11,20-22,26,30,36,50H,12-19H2,1-5H3,(H,43,52)(H,45,53)(H,47,51)/t22-,26+,30-,36+/m0/s1. The Kier molecular flexibility index (Phi) is 13.4. The second-order valence-corrected chi connectivity index (χ2v) is 17.0. The van der Waals surface area contributed by atoms with Gasteiger partial charge in [-0.25, -0.2) is 14.4 Å². The molecule has 58 heavy (non-hydrogen) atoms. The van der Waals surface area contributed by atoms with Crippen molar-refractivity contribution >= 4 is 51.4 Å². The predicted molar refractivity (Wildman–Crippen MR) is 215 cm³/mol. The van der Waals surface area contributed by atoms with Crippen LogP contribution in [-0.4, -0.2) is 108 Å². The van der Waals surface area contributed by atoms with E-state index < -0.39 is 83.8 Å². The van der Waals surface area contributed by atoms with Crippen LogP contribution in [0.2, 0.25) is 0 Å². The molecule has 0 spiro atoms. The third kappa shape index (κ3) is 9.97. The van der Waals surface area contributed by atoms with Gasteiger partial charge in [-0.05, 0) is 42.5 Å². The number of carbonyl (C=O) groups is 4. The molecule has 0 radical (unpaired) electrons. The molecule has 0 aliphatic carbocycles. The van der Waals surface area contributed by atoms with Gasteiger partial charge in [-0.1, -0.05) is 45.0 Å². The Morgan fingerprint density at radius 2 is 1.76 bits per heavy atom. The van der Waals surface area contributed by atoms with Crippen LogP contribution in [0, 0.1) is 24.0 Å². The fraction of sp³-hybridized carbons (Fsp3) is 0.450. The van der Waals surface area contributed by atoms with Crippen LogP contribution < -0.4 is 25.6 Å². The molecule has 2 aliphatic rings. The van der Waals surface area contributed by atoms with Gasteiger partial charge < -0.3 is 40.3 Å². The number of aryl methyl sites for hydroxylation is 1. The topological polar surface area (TPSA) is 175 Å². The second kappa shape index (κ2) is 18.3. The van der Waals surface area contributed by atoms with Gasteiger partial charge >= 0.3 is 0 Å². The monoisotopic (exact) mass is 839 g/mol. The summed E-state index contributed by atoms with van der Waals surface area (Å²) in [6.07, 6.45) is -0.946. The van der Waals surface area contributed by atoms with Gasteiger partial charge in [-0.2, -0.15) is 4.39 Å². The summed E-state index contributed by atoms with van der Waals surface area (Å²) in [4.78, 5) is 66.9. The van der Waals surface area contributed by atoms with Crippen LogP contribution in [0.5, 0.6) is 5.75 Å². The summed E-state index contributed by atoms with van der Waals surface area (Å²) >= 11 is 2.87. The van der Waals surface area contributed by atoms with Crippen LogP contribution >= 0.6 is 22.7 Å². The molecule has 4 aromatic rings. The molecule has 2 aromatic carbocycles. The Balaban J connectivity index is 1.04. The molecule has 4 amide bonds. The zero-order valence-corrected chi connectivity index (χ0v) is 34.5. The molecule has 0 saturated carbocycles. The number of carbonyl (C=O) groups excluding carboxylic acids is 4. The molecule has 14 nitrogen and oxygen atoms in total. The highest BCUT2D eigenvalue weighted by Crippen LogP contribution is 2.37. The van der Waals surface area contributed by atoms with Gasteiger partial charge in [0.1, 0.15) is 12.1 Å². The molecule has 18 heteroatoms. The molecular weight excluding hydrogens is 793 g/mol. The number of nitrogens with one attached hydrogen (secondary N) is 3. The minimum atomic E-state index is -1.29. The summed E-state index contributed by atoms with van der Waals surface area (Å²) in [7, 11) is 0. The molecule has 2 saturated heterocycles. The number of hydrogen-bond donors (Lipinski definition) is 4. The molecule has 2 fully saturated rings. The van der Waals surface area contributed by atoms with Crippen molar-refractivity contribution in [1.29, 1.82) is 0 Å². The normalized spacial score (nSPS) is 18.1. The van der Waals surface area contributed by atoms with Crippen LogP contribution in [0.15, 0.2) is 47.3 Å². The Morgan fingerprint density at radius 3 is 2.43 bits per heavy atom. The van der Waals surface area contributed by atoms with Crippen molar-refractivity contribution < 1.29 is 42.5 Å². The summed E-state index contributed by atoms with van der Waals surface area (Å²) < 4.78 is 40.2. The zero-order chi connectivity index (χ0) is 41.7. The zero-order valence-electron chi connectivity index (χ0n) is 32.8. The number of thiazole rings is 2. The van der Waals surface area contributed by atoms with Gasteiger partial charge in [-0.3, -0.25) is 19.2 Å². The van der Waals surface area contributed by atoms with E-state index in [4.69, 9.17) is 9.47 Å². The van der Waals surface area contributed by atoms with Gasteiger partial charge in [0.15, 0.2) is 23.3 Å². The SMILES string of the molecule is Cc1ncsc1-c1ccc([C@H](C)NC(=O)[C@@H]2C[C@@H](O)CN2C(=O)[C@@H](NC(=O)CNC(=O)COc2c(-c3csc(N4CCOCC4)n3)ccc(F)c2F)C(C)(C)C)cc1. The number of anilines is 1. The van der Waals surface area contributed by atoms with Gasteiger partial charge in [0.05, 0.1) is 53.7 Å². The van der Waals surface area contributed by atoms with Crippen molar-refractivity contribution in [3.05, 3.63) is 70.2 Å². The lowest BCUT2D eigenvalue weighted by atomic mass is 9.85. The first-order chi connectivity index (χ1) is 27.6. The molecule has 0 unspecified atom stereocenters. The number of rotatable bonds is 13. The van der Waals surface area contributed by atoms with Gasteiger partial charge in [0.25, 0.3) is 5.91 Å². The largest absolute Gasteiger partial charge is 0.480 e. The first-order valence-corrected chi connectivity index (χ1v) is 20.6. The fourth-order valence-corrected chi connectivity index (χ4v) is 8.45. The number of benzene rings is 2. The average molecular weight is 840 g/mol. The lowest BCUT2D eigenvalue weighted by Crippen LogP contribution is -2.58. The predicted octanol–water partition coefficient (Wildman–Crippen LogP) is 4.22. The van der Waals surface area contributed by atoms with Crippen molar-refractivity contribution in [2.45, 2.75) is 65.3 Å². The smallest absolute Gasteiger partial charge is 0.258 e. The number of morpholine rings is 1. The van der Waals surface area contributed by atoms with Gasteiger partial charge in [0.2, 0.25) is 23.5 Å². The molecule has 310 valence electrons. The van der Waals surface area contributed by atoms with Crippen molar-refractivity contribution in [3.63, 3.8) is 0 Å². The molecule has 4 N–H and O–H groups in total. The summed E-state index contributed by atoms with van der Waals surface area (Å²) in [6.45, 7) is 9.91. The van der Waals surface area contributed by atoms with E-state index in [1.807, 2.05) is 43.0 Å². The number of aliphatic hydroxyl groups excluding tert-OH is 1. The average Bonchev–Trinajstić information content (AvgIpc) is 3.96. The Morgan fingerprint density at radius 1 is 1.03 bits per heavy atom. The third-order valence-corrected chi connectivity index (χ3v) is 11.8. The van der Waals surface area contributed by atoms with Crippen molar-refractivity contribution in [2.24, 2.45) is 5.41 Å². The van der Waals surface area contributed by atoms with E-state index in [1.165, 1.54) is 22.3 Å². The van der Waals surface area contributed by atoms with Crippen LogP contribution in [0.1, 0.15) is 51.4 Å². The first kappa shape index (κ1) is 42.6. The van der Waals surface area contributed by atoms with Gasteiger partial charge in [0, 0.05) is 37.0 Å². The van der Waals surface area contributed by atoms with Crippen LogP contribution in [-0.2, 0) is 23.9 Å². The minimum Gasteiger partial charge on any atom is -0.480 e. The second-order valence-electron chi connectivity index (χ2n) is 15.3. The van der Waals surface area contributed by atoms with Crippen molar-refractivity contribution in [3.8, 4) is 27.4 Å². The van der Waals surface area contributed by atoms with E-state index in [0.29, 0.717) is 37.1 Å². The number of halogens is 2. The van der Waals surface area contributed by atoms with Crippen molar-refractivity contribution in [1.82, 2.24) is 30.8 Å². The Labute approximate surface area is 343 Å². The number of likely N-dealkylation sites (tertiary alicyclic amines) is 1. The quantitative estimate of drug-likeness (QED) is 0.153. The highest BCUT2D eigenvalue weighted by atomic mass is 32.1. The molecule has 0 bridgehead atoms. The van der Waals surface area contributed by atoms with E-state index in [2.05, 4.69) is 25.9 Å². The molecule has 6 rings (SSSR count). The number of nitrogens with zero attached hydrogens (tertiary/aromatic N) is 4. The van der Waals surface area contributed by atoms with Crippen LogP contribution in [0.25, 0.3) is 21.7 Å². The summed E-state index contributed by atoms with van der Waals surface area (Å²) in [5.74, 6) is -5.51. The number of amides is 4. The molecule has 2 aromatic heterocycles. The summed E-state index contributed by atoms with van der Waals surface area (Å²) in [5, 5.41) is 21.0. The number of hydrogen-bond acceptors (Lipinski definition) is 12. The summed E-state index contributed by atoms with van der Waals surface area (Å²) in [5.41, 5.74) is 4.23. The number of aromatic nitrogens is 2. The molecule has 2 aliphatic heterocycles. The number of ether oxygens (including phenoxy) is 2. The van der Waals surface area contributed by atoms with E-state index in [9.17, 15) is 28.7 Å². The third-order valence-electron chi connectivity index (χ3n) is 9.95. The maximum Gasteiger partial charge on any atom is 0.258 e. The minimum absolute atomic E-state index is 0.0138. The van der Waals surface area contributed by atoms with E-state index in [-0.39, 0.29) is 18.5 Å². The maximum absolute atomic E-state index is 15.0. The lowest BCUT2D eigenvalue weighted by molar-refractivity contribution is -0.144. The number of β-amino-alcohol motifs (C(OH)–C–C–N with tert-alkyl or cyclic N) is 1. The fourth-order valence-electron chi connectivity index (χ4n) is 6.76. The van der Waals surface area contributed by atoms with Crippen LogP contribution in [0.4, 0.5) is 13.9 Å². The Hall–Kier alpha value is -5.04. The highest BCUT2D eigenvalue weighted by molar-refractivity contribution is 7.14. The molecule has 4 heterocycles. The highest BCUT2D eigenvalue weighted by Gasteiger charge is 2.44.